The van der Waals surface area contributed by atoms with Crippen LogP contribution in [-0.2, 0) is 17.9 Å². The van der Waals surface area contributed by atoms with Gasteiger partial charge in [-0.25, -0.2) is 0 Å². The summed E-state index contributed by atoms with van der Waals surface area (Å²) < 4.78 is 5.14. The molecule has 0 radical (unpaired) electrons. The molecule has 2 aromatic rings. The van der Waals surface area contributed by atoms with E-state index in [0.717, 1.165) is 76.9 Å². The van der Waals surface area contributed by atoms with Crippen molar-refractivity contribution in [1.82, 2.24) is 24.8 Å². The van der Waals surface area contributed by atoms with Crippen LogP contribution < -0.4 is 0 Å². The molecule has 4 heterocycles. The molecule has 28 heavy (non-hydrogen) atoms. The molecule has 0 unspecified atom stereocenters. The molecule has 0 atom stereocenters. The van der Waals surface area contributed by atoms with Gasteiger partial charge in [0.05, 0.1) is 12.2 Å². The zero-order valence-electron chi connectivity index (χ0n) is 16.5. The number of amides is 1. The summed E-state index contributed by atoms with van der Waals surface area (Å²) in [4.78, 5) is 23.2. The van der Waals surface area contributed by atoms with E-state index in [1.807, 2.05) is 17.9 Å². The predicted molar refractivity (Wildman–Crippen MR) is 109 cm³/mol. The van der Waals surface area contributed by atoms with Crippen LogP contribution >= 0.6 is 11.3 Å². The Hall–Kier alpha value is -1.74. The van der Waals surface area contributed by atoms with Crippen LogP contribution in [0.5, 0.6) is 0 Å². The molecule has 152 valence electrons. The molecule has 0 N–H and O–H groups in total. The molecular weight excluding hydrogens is 374 g/mol. The van der Waals surface area contributed by atoms with Crippen molar-refractivity contribution in [2.75, 3.05) is 58.9 Å². The standard InChI is InChI=1S/C20H29N5O2S/c1-17-13-18(21-27-17)14-22-4-6-24(7-5-22)16-20(26)25-10-8-23(9-11-25)15-19-3-2-12-28-19/h2-3,12-13H,4-11,14-16H2,1H3. The summed E-state index contributed by atoms with van der Waals surface area (Å²) in [6.45, 7) is 11.7. The number of hydrogen-bond acceptors (Lipinski definition) is 7. The van der Waals surface area contributed by atoms with E-state index in [2.05, 4.69) is 37.4 Å². The second-order valence-electron chi connectivity index (χ2n) is 7.72. The van der Waals surface area contributed by atoms with Crippen LogP contribution in [0.2, 0.25) is 0 Å². The summed E-state index contributed by atoms with van der Waals surface area (Å²) in [5.41, 5.74) is 0.988. The Morgan fingerprint density at radius 2 is 1.71 bits per heavy atom. The molecule has 2 aliphatic heterocycles. The highest BCUT2D eigenvalue weighted by Crippen LogP contribution is 2.14. The Balaban J connectivity index is 1.16. The van der Waals surface area contributed by atoms with E-state index in [-0.39, 0.29) is 5.91 Å². The maximum absolute atomic E-state index is 12.7. The maximum atomic E-state index is 12.7. The highest BCUT2D eigenvalue weighted by molar-refractivity contribution is 7.09. The fraction of sp³-hybridized carbons (Fsp3) is 0.600. The highest BCUT2D eigenvalue weighted by atomic mass is 32.1. The number of rotatable bonds is 6. The van der Waals surface area contributed by atoms with E-state index in [1.165, 1.54) is 4.88 Å². The molecule has 0 aliphatic carbocycles. The molecule has 4 rings (SSSR count). The fourth-order valence-electron chi connectivity index (χ4n) is 3.90. The van der Waals surface area contributed by atoms with Crippen LogP contribution in [0.1, 0.15) is 16.3 Å². The summed E-state index contributed by atoms with van der Waals surface area (Å²) >= 11 is 1.81. The van der Waals surface area contributed by atoms with E-state index < -0.39 is 0 Å². The Labute approximate surface area is 170 Å². The van der Waals surface area contributed by atoms with E-state index in [0.29, 0.717) is 6.54 Å². The average Bonchev–Trinajstić information content (AvgIpc) is 3.35. The van der Waals surface area contributed by atoms with E-state index in [1.54, 1.807) is 11.3 Å². The molecule has 0 bridgehead atoms. The molecule has 8 heteroatoms. The lowest BCUT2D eigenvalue weighted by molar-refractivity contribution is -0.134. The summed E-state index contributed by atoms with van der Waals surface area (Å²) in [5.74, 6) is 1.13. The third-order valence-corrected chi connectivity index (χ3v) is 6.43. The first-order valence-corrected chi connectivity index (χ1v) is 10.9. The number of carbonyl (C=O) groups excluding carboxylic acids is 1. The van der Waals surface area contributed by atoms with Crippen LogP contribution in [0.3, 0.4) is 0 Å². The Bertz CT molecular complexity index is 746. The SMILES string of the molecule is Cc1cc(CN2CCN(CC(=O)N3CCN(Cc4cccs4)CC3)CC2)no1. The lowest BCUT2D eigenvalue weighted by Crippen LogP contribution is -2.53. The second kappa shape index (κ2) is 9.17. The van der Waals surface area contributed by atoms with Gasteiger partial charge in [0, 0.05) is 76.4 Å². The van der Waals surface area contributed by atoms with Crippen LogP contribution in [0.4, 0.5) is 0 Å². The number of thiophene rings is 1. The Kier molecular flexibility index (Phi) is 6.41. The van der Waals surface area contributed by atoms with Crippen molar-refractivity contribution in [1.29, 1.82) is 0 Å². The minimum Gasteiger partial charge on any atom is -0.361 e. The maximum Gasteiger partial charge on any atom is 0.236 e. The van der Waals surface area contributed by atoms with Gasteiger partial charge in [0.2, 0.25) is 5.91 Å². The van der Waals surface area contributed by atoms with Crippen LogP contribution in [-0.4, -0.2) is 89.6 Å². The molecular formula is C20H29N5O2S. The Morgan fingerprint density at radius 1 is 1.04 bits per heavy atom. The topological polar surface area (TPSA) is 56.1 Å². The first-order chi connectivity index (χ1) is 13.7. The summed E-state index contributed by atoms with van der Waals surface area (Å²) in [5, 5.41) is 6.20. The van der Waals surface area contributed by atoms with E-state index in [4.69, 9.17) is 4.52 Å². The summed E-state index contributed by atoms with van der Waals surface area (Å²) in [6.07, 6.45) is 0. The third-order valence-electron chi connectivity index (χ3n) is 5.57. The molecule has 0 saturated carbocycles. The minimum atomic E-state index is 0.274. The molecule has 2 aromatic heterocycles. The third kappa shape index (κ3) is 5.20. The predicted octanol–water partition coefficient (Wildman–Crippen LogP) is 1.51. The van der Waals surface area contributed by atoms with Crippen molar-refractivity contribution in [3.63, 3.8) is 0 Å². The lowest BCUT2D eigenvalue weighted by atomic mass is 10.2. The van der Waals surface area contributed by atoms with Crippen molar-refractivity contribution in [2.45, 2.75) is 20.0 Å². The zero-order valence-corrected chi connectivity index (χ0v) is 17.4. The van der Waals surface area contributed by atoms with Crippen LogP contribution in [0, 0.1) is 6.92 Å². The molecule has 0 spiro atoms. The lowest BCUT2D eigenvalue weighted by Gasteiger charge is -2.37. The summed E-state index contributed by atoms with van der Waals surface area (Å²) in [7, 11) is 0. The van der Waals surface area contributed by atoms with Crippen molar-refractivity contribution in [3.05, 3.63) is 39.9 Å². The quantitative estimate of drug-likeness (QED) is 0.729. The molecule has 2 fully saturated rings. The largest absolute Gasteiger partial charge is 0.361 e. The molecule has 0 aromatic carbocycles. The molecule has 1 amide bonds. The summed E-state index contributed by atoms with van der Waals surface area (Å²) in [6, 6.07) is 6.28. The monoisotopic (exact) mass is 403 g/mol. The number of carbonyl (C=O) groups is 1. The number of nitrogens with zero attached hydrogens (tertiary/aromatic N) is 5. The van der Waals surface area contributed by atoms with Crippen molar-refractivity contribution in [3.8, 4) is 0 Å². The smallest absolute Gasteiger partial charge is 0.236 e. The number of piperazine rings is 2. The van der Waals surface area contributed by atoms with Crippen molar-refractivity contribution in [2.24, 2.45) is 0 Å². The van der Waals surface area contributed by atoms with Crippen molar-refractivity contribution < 1.29 is 9.32 Å². The van der Waals surface area contributed by atoms with Gasteiger partial charge in [-0.1, -0.05) is 11.2 Å². The van der Waals surface area contributed by atoms with Gasteiger partial charge < -0.3 is 9.42 Å². The number of hydrogen-bond donors (Lipinski definition) is 0. The van der Waals surface area contributed by atoms with Crippen LogP contribution in [0.25, 0.3) is 0 Å². The van der Waals surface area contributed by atoms with Crippen LogP contribution in [0.15, 0.2) is 28.1 Å². The van der Waals surface area contributed by atoms with Gasteiger partial charge in [-0.3, -0.25) is 19.5 Å². The van der Waals surface area contributed by atoms with Gasteiger partial charge in [-0.15, -0.1) is 11.3 Å². The number of aryl methyl sites for hydroxylation is 1. The zero-order chi connectivity index (χ0) is 19.3. The average molecular weight is 404 g/mol. The number of aromatic nitrogens is 1. The van der Waals surface area contributed by atoms with Crippen molar-refractivity contribution >= 4 is 17.2 Å². The van der Waals surface area contributed by atoms with Gasteiger partial charge in [0.15, 0.2) is 0 Å². The highest BCUT2D eigenvalue weighted by Gasteiger charge is 2.25. The van der Waals surface area contributed by atoms with Gasteiger partial charge in [-0.2, -0.15) is 0 Å². The normalized spacial score (nSPS) is 20.0. The molecule has 2 saturated heterocycles. The van der Waals surface area contributed by atoms with Gasteiger partial charge in [-0.05, 0) is 18.4 Å². The first-order valence-electron chi connectivity index (χ1n) is 10.0. The fourth-order valence-corrected chi connectivity index (χ4v) is 4.64. The van der Waals surface area contributed by atoms with Gasteiger partial charge in [0.25, 0.3) is 0 Å². The van der Waals surface area contributed by atoms with Gasteiger partial charge in [0.1, 0.15) is 5.76 Å². The van der Waals surface area contributed by atoms with E-state index in [9.17, 15) is 4.79 Å². The van der Waals surface area contributed by atoms with E-state index >= 15 is 0 Å². The molecule has 7 nitrogen and oxygen atoms in total. The Morgan fingerprint density at radius 3 is 2.36 bits per heavy atom. The molecule has 2 aliphatic rings. The first kappa shape index (κ1) is 19.6. The minimum absolute atomic E-state index is 0.274. The second-order valence-corrected chi connectivity index (χ2v) is 8.75. The van der Waals surface area contributed by atoms with Gasteiger partial charge >= 0.3 is 0 Å².